The molecule has 0 fully saturated rings. The first kappa shape index (κ1) is 12.4. The molecule has 0 aliphatic heterocycles. The van der Waals surface area contributed by atoms with Crippen LogP contribution in [0.5, 0.6) is 0 Å². The fraction of sp³-hybridized carbons (Fsp3) is 0.667. The van der Waals surface area contributed by atoms with E-state index in [-0.39, 0.29) is 5.82 Å². The molecule has 0 radical (unpaired) electrons. The second-order valence-electron chi connectivity index (χ2n) is 3.40. The molecular formula is C9H17N5O2. The maximum Gasteiger partial charge on any atom is 0.346 e. The molecule has 1 heterocycles. The standard InChI is InChI=1S/C9H17N5O2/c1-4-10-5-6-11-7-8(15)13(2)9(16)14(3)12-7/h10H,4-6H2,1-3H3,(H,11,12). The van der Waals surface area contributed by atoms with Crippen molar-refractivity contribution in [3.05, 3.63) is 20.8 Å². The van der Waals surface area contributed by atoms with Gasteiger partial charge in [0.05, 0.1) is 0 Å². The number of rotatable bonds is 5. The van der Waals surface area contributed by atoms with Crippen LogP contribution in [0.25, 0.3) is 0 Å². The van der Waals surface area contributed by atoms with Gasteiger partial charge in [0.1, 0.15) is 0 Å². The summed E-state index contributed by atoms with van der Waals surface area (Å²) in [7, 11) is 2.94. The van der Waals surface area contributed by atoms with Gasteiger partial charge in [-0.25, -0.2) is 9.48 Å². The first-order valence-electron chi connectivity index (χ1n) is 5.16. The van der Waals surface area contributed by atoms with E-state index in [2.05, 4.69) is 15.7 Å². The Balaban J connectivity index is 2.82. The molecule has 1 rings (SSSR count). The van der Waals surface area contributed by atoms with Crippen LogP contribution in [0.3, 0.4) is 0 Å². The molecule has 0 spiro atoms. The van der Waals surface area contributed by atoms with Crippen molar-refractivity contribution in [2.75, 3.05) is 25.0 Å². The first-order chi connectivity index (χ1) is 7.57. The predicted octanol–water partition coefficient (Wildman–Crippen LogP) is -1.50. The maximum absolute atomic E-state index is 11.6. The minimum atomic E-state index is -0.428. The third kappa shape index (κ3) is 2.69. The van der Waals surface area contributed by atoms with Crippen molar-refractivity contribution < 1.29 is 0 Å². The zero-order chi connectivity index (χ0) is 12.1. The number of aromatic nitrogens is 3. The van der Waals surface area contributed by atoms with Gasteiger partial charge >= 0.3 is 5.69 Å². The summed E-state index contributed by atoms with van der Waals surface area (Å²) >= 11 is 0. The zero-order valence-electron chi connectivity index (χ0n) is 9.78. The Morgan fingerprint density at radius 3 is 2.56 bits per heavy atom. The summed E-state index contributed by atoms with van der Waals surface area (Å²) in [5, 5.41) is 9.86. The summed E-state index contributed by atoms with van der Waals surface area (Å²) in [6.45, 7) is 4.21. The molecule has 0 amide bonds. The van der Waals surface area contributed by atoms with Crippen LogP contribution in [-0.4, -0.2) is 34.0 Å². The minimum absolute atomic E-state index is 0.197. The fourth-order valence-corrected chi connectivity index (χ4v) is 1.26. The number of likely N-dealkylation sites (N-methyl/N-ethyl adjacent to an activating group) is 1. The highest BCUT2D eigenvalue weighted by molar-refractivity contribution is 5.29. The van der Waals surface area contributed by atoms with Gasteiger partial charge in [0.15, 0.2) is 0 Å². The number of aryl methyl sites for hydroxylation is 1. The molecule has 0 unspecified atom stereocenters. The molecule has 0 aliphatic rings. The second kappa shape index (κ2) is 5.45. The van der Waals surface area contributed by atoms with Crippen molar-refractivity contribution in [2.45, 2.75) is 6.92 Å². The van der Waals surface area contributed by atoms with E-state index in [1.54, 1.807) is 0 Å². The molecule has 1 aromatic heterocycles. The molecule has 0 atom stereocenters. The van der Waals surface area contributed by atoms with Crippen LogP contribution in [0.2, 0.25) is 0 Å². The molecule has 0 aromatic carbocycles. The summed E-state index contributed by atoms with van der Waals surface area (Å²) in [6, 6.07) is 0. The van der Waals surface area contributed by atoms with Gasteiger partial charge in [-0.1, -0.05) is 6.92 Å². The van der Waals surface area contributed by atoms with E-state index in [4.69, 9.17) is 0 Å². The predicted molar refractivity (Wildman–Crippen MR) is 61.8 cm³/mol. The van der Waals surface area contributed by atoms with Gasteiger partial charge in [0, 0.05) is 27.2 Å². The molecule has 0 saturated carbocycles. The largest absolute Gasteiger partial charge is 0.363 e. The summed E-state index contributed by atoms with van der Waals surface area (Å²) in [4.78, 5) is 23.0. The SMILES string of the molecule is CCNCCNc1nn(C)c(=O)n(C)c1=O. The summed E-state index contributed by atoms with van der Waals surface area (Å²) < 4.78 is 2.17. The maximum atomic E-state index is 11.6. The molecular weight excluding hydrogens is 210 g/mol. The number of nitrogens with one attached hydrogen (secondary N) is 2. The van der Waals surface area contributed by atoms with Crippen LogP contribution >= 0.6 is 0 Å². The second-order valence-corrected chi connectivity index (χ2v) is 3.40. The average molecular weight is 227 g/mol. The van der Waals surface area contributed by atoms with Gasteiger partial charge in [-0.2, -0.15) is 0 Å². The van der Waals surface area contributed by atoms with E-state index in [0.29, 0.717) is 6.54 Å². The molecule has 16 heavy (non-hydrogen) atoms. The Labute approximate surface area is 93.1 Å². The summed E-state index contributed by atoms with van der Waals surface area (Å²) in [5.74, 6) is 0.197. The van der Waals surface area contributed by atoms with Crippen LogP contribution in [0.4, 0.5) is 5.82 Å². The Hall–Kier alpha value is -1.63. The molecule has 90 valence electrons. The van der Waals surface area contributed by atoms with Crippen molar-refractivity contribution >= 4 is 5.82 Å². The highest BCUT2D eigenvalue weighted by Crippen LogP contribution is 1.86. The molecule has 0 aliphatic carbocycles. The van der Waals surface area contributed by atoms with Crippen LogP contribution in [0.15, 0.2) is 9.59 Å². The van der Waals surface area contributed by atoms with Crippen LogP contribution in [0, 0.1) is 0 Å². The van der Waals surface area contributed by atoms with E-state index in [1.165, 1.54) is 14.1 Å². The first-order valence-corrected chi connectivity index (χ1v) is 5.16. The van der Waals surface area contributed by atoms with Crippen molar-refractivity contribution in [3.8, 4) is 0 Å². The van der Waals surface area contributed by atoms with Gasteiger partial charge in [-0.3, -0.25) is 9.36 Å². The Kier molecular flexibility index (Phi) is 4.24. The monoisotopic (exact) mass is 227 g/mol. The molecule has 7 heteroatoms. The lowest BCUT2D eigenvalue weighted by Crippen LogP contribution is -2.40. The molecule has 0 bridgehead atoms. The van der Waals surface area contributed by atoms with Crippen LogP contribution < -0.4 is 21.9 Å². The van der Waals surface area contributed by atoms with Gasteiger partial charge in [0.2, 0.25) is 5.82 Å². The topological polar surface area (TPSA) is 81.0 Å². The van der Waals surface area contributed by atoms with Crippen LogP contribution in [0.1, 0.15) is 6.92 Å². The highest BCUT2D eigenvalue weighted by atomic mass is 16.2. The number of anilines is 1. The summed E-state index contributed by atoms with van der Waals surface area (Å²) in [6.07, 6.45) is 0. The van der Waals surface area contributed by atoms with Crippen LogP contribution in [-0.2, 0) is 14.1 Å². The average Bonchev–Trinajstić information content (AvgIpc) is 2.28. The van der Waals surface area contributed by atoms with E-state index < -0.39 is 11.2 Å². The fourth-order valence-electron chi connectivity index (χ4n) is 1.26. The van der Waals surface area contributed by atoms with E-state index in [0.717, 1.165) is 22.3 Å². The molecule has 7 nitrogen and oxygen atoms in total. The zero-order valence-corrected chi connectivity index (χ0v) is 9.78. The van der Waals surface area contributed by atoms with E-state index in [9.17, 15) is 9.59 Å². The Morgan fingerprint density at radius 2 is 1.94 bits per heavy atom. The van der Waals surface area contributed by atoms with E-state index >= 15 is 0 Å². The van der Waals surface area contributed by atoms with Gasteiger partial charge < -0.3 is 10.6 Å². The smallest absolute Gasteiger partial charge is 0.346 e. The number of hydrogen-bond donors (Lipinski definition) is 2. The Morgan fingerprint density at radius 1 is 1.25 bits per heavy atom. The third-order valence-corrected chi connectivity index (χ3v) is 2.17. The molecule has 1 aromatic rings. The van der Waals surface area contributed by atoms with Gasteiger partial charge in [-0.05, 0) is 6.54 Å². The van der Waals surface area contributed by atoms with Crippen molar-refractivity contribution in [3.63, 3.8) is 0 Å². The van der Waals surface area contributed by atoms with Gasteiger partial charge in [0.25, 0.3) is 5.56 Å². The van der Waals surface area contributed by atoms with E-state index in [1.807, 2.05) is 6.92 Å². The molecule has 2 N–H and O–H groups in total. The molecule has 0 saturated heterocycles. The third-order valence-electron chi connectivity index (χ3n) is 2.17. The van der Waals surface area contributed by atoms with Gasteiger partial charge in [-0.15, -0.1) is 5.10 Å². The lowest BCUT2D eigenvalue weighted by atomic mass is 10.5. The quantitative estimate of drug-likeness (QED) is 0.598. The normalized spacial score (nSPS) is 10.4. The number of hydrogen-bond acceptors (Lipinski definition) is 5. The lowest BCUT2D eigenvalue weighted by Gasteiger charge is -2.07. The number of nitrogens with zero attached hydrogens (tertiary/aromatic N) is 3. The minimum Gasteiger partial charge on any atom is -0.363 e. The van der Waals surface area contributed by atoms with Crippen molar-refractivity contribution in [1.82, 2.24) is 19.7 Å². The van der Waals surface area contributed by atoms with Crippen molar-refractivity contribution in [2.24, 2.45) is 14.1 Å². The van der Waals surface area contributed by atoms with Crippen molar-refractivity contribution in [1.29, 1.82) is 0 Å². The highest BCUT2D eigenvalue weighted by Gasteiger charge is 2.06. The Bertz CT molecular complexity index is 462. The summed E-state index contributed by atoms with van der Waals surface area (Å²) in [5.41, 5.74) is -0.832. The lowest BCUT2D eigenvalue weighted by molar-refractivity contribution is 0.603.